The van der Waals surface area contributed by atoms with E-state index in [0.717, 1.165) is 17.9 Å². The second-order valence-corrected chi connectivity index (χ2v) is 4.95. The number of benzene rings is 1. The van der Waals surface area contributed by atoms with Crippen LogP contribution in [-0.4, -0.2) is 36.9 Å². The third-order valence-corrected chi connectivity index (χ3v) is 3.08. The highest BCUT2D eigenvalue weighted by molar-refractivity contribution is 7.98. The zero-order valence-electron chi connectivity index (χ0n) is 11.3. The number of rotatable bonds is 7. The molecule has 112 valence electrons. The molecular weight excluding hydrogens is 298 g/mol. The Balaban J connectivity index is 0.00000361. The van der Waals surface area contributed by atoms with E-state index in [4.69, 9.17) is 5.73 Å². The number of anilines is 1. The number of nitrogens with two attached hydrogens (primary N) is 1. The monoisotopic (exact) mass is 317 g/mol. The van der Waals surface area contributed by atoms with Crippen LogP contribution >= 0.6 is 24.2 Å². The van der Waals surface area contributed by atoms with Gasteiger partial charge in [-0.05, 0) is 36.1 Å². The van der Waals surface area contributed by atoms with E-state index in [0.29, 0.717) is 0 Å². The molecule has 0 aliphatic carbocycles. The van der Waals surface area contributed by atoms with Gasteiger partial charge in [0.15, 0.2) is 0 Å². The van der Waals surface area contributed by atoms with Gasteiger partial charge in [-0.2, -0.15) is 11.8 Å². The SMILES string of the molecule is CSCCc1ccc(NC(=O)CNC(=O)CN)cc1.Cl. The van der Waals surface area contributed by atoms with Gasteiger partial charge >= 0.3 is 0 Å². The third-order valence-electron chi connectivity index (χ3n) is 2.46. The Morgan fingerprint density at radius 2 is 1.85 bits per heavy atom. The number of nitrogens with one attached hydrogen (secondary N) is 2. The zero-order valence-corrected chi connectivity index (χ0v) is 13.0. The van der Waals surface area contributed by atoms with Gasteiger partial charge < -0.3 is 16.4 Å². The van der Waals surface area contributed by atoms with Gasteiger partial charge in [0, 0.05) is 5.69 Å². The molecule has 0 fully saturated rings. The van der Waals surface area contributed by atoms with Crippen molar-refractivity contribution in [3.8, 4) is 0 Å². The van der Waals surface area contributed by atoms with Crippen molar-refractivity contribution in [2.24, 2.45) is 5.73 Å². The molecular formula is C13H20ClN3O2S. The molecule has 2 amide bonds. The molecule has 5 nitrogen and oxygen atoms in total. The average Bonchev–Trinajstić information content (AvgIpc) is 2.44. The number of aryl methyl sites for hydroxylation is 1. The van der Waals surface area contributed by atoms with Crippen LogP contribution in [0.25, 0.3) is 0 Å². The maximum atomic E-state index is 11.5. The number of halogens is 1. The Bertz CT molecular complexity index is 426. The number of hydrogen-bond acceptors (Lipinski definition) is 4. The highest BCUT2D eigenvalue weighted by Gasteiger charge is 2.04. The van der Waals surface area contributed by atoms with Crippen LogP contribution in [0.2, 0.25) is 0 Å². The summed E-state index contributed by atoms with van der Waals surface area (Å²) >= 11 is 1.80. The van der Waals surface area contributed by atoms with Gasteiger partial charge in [-0.1, -0.05) is 12.1 Å². The molecule has 4 N–H and O–H groups in total. The fraction of sp³-hybridized carbons (Fsp3) is 0.385. The molecule has 0 unspecified atom stereocenters. The maximum Gasteiger partial charge on any atom is 0.243 e. The number of thioether (sulfide) groups is 1. The Kier molecular flexibility index (Phi) is 9.88. The lowest BCUT2D eigenvalue weighted by Gasteiger charge is -2.07. The standard InChI is InChI=1S/C13H19N3O2S.ClH/c1-19-7-6-10-2-4-11(5-3-10)16-13(18)9-15-12(17)8-14;/h2-5H,6-9,14H2,1H3,(H,15,17)(H,16,18);1H. The van der Waals surface area contributed by atoms with Crippen molar-refractivity contribution < 1.29 is 9.59 Å². The number of hydrogen-bond donors (Lipinski definition) is 3. The fourth-order valence-electron chi connectivity index (χ4n) is 1.43. The van der Waals surface area contributed by atoms with Gasteiger partial charge in [-0.25, -0.2) is 0 Å². The molecule has 0 aliphatic heterocycles. The minimum Gasteiger partial charge on any atom is -0.346 e. The largest absolute Gasteiger partial charge is 0.346 e. The average molecular weight is 318 g/mol. The zero-order chi connectivity index (χ0) is 14.1. The maximum absolute atomic E-state index is 11.5. The first-order valence-corrected chi connectivity index (χ1v) is 7.39. The summed E-state index contributed by atoms with van der Waals surface area (Å²) in [6.07, 6.45) is 3.09. The Hall–Kier alpha value is -1.24. The van der Waals surface area contributed by atoms with Crippen molar-refractivity contribution in [3.63, 3.8) is 0 Å². The molecule has 0 radical (unpaired) electrons. The topological polar surface area (TPSA) is 84.2 Å². The lowest BCUT2D eigenvalue weighted by atomic mass is 10.1. The first kappa shape index (κ1) is 18.8. The van der Waals surface area contributed by atoms with Crippen LogP contribution in [0.5, 0.6) is 0 Å². The van der Waals surface area contributed by atoms with Gasteiger partial charge in [0.1, 0.15) is 0 Å². The summed E-state index contributed by atoms with van der Waals surface area (Å²) in [4.78, 5) is 22.4. The summed E-state index contributed by atoms with van der Waals surface area (Å²) in [6.45, 7) is -0.179. The predicted octanol–water partition coefficient (Wildman–Crippen LogP) is 1.03. The van der Waals surface area contributed by atoms with E-state index in [2.05, 4.69) is 16.9 Å². The second-order valence-electron chi connectivity index (χ2n) is 3.97. The van der Waals surface area contributed by atoms with E-state index in [-0.39, 0.29) is 37.3 Å². The van der Waals surface area contributed by atoms with Crippen molar-refractivity contribution >= 4 is 41.7 Å². The molecule has 0 saturated carbocycles. The summed E-state index contributed by atoms with van der Waals surface area (Å²) < 4.78 is 0. The lowest BCUT2D eigenvalue weighted by molar-refractivity contribution is -0.123. The molecule has 0 aliphatic rings. The molecule has 0 bridgehead atoms. The molecule has 7 heteroatoms. The minimum atomic E-state index is -0.345. The molecule has 1 aromatic rings. The van der Waals surface area contributed by atoms with Crippen molar-refractivity contribution in [2.75, 3.05) is 30.4 Å². The smallest absolute Gasteiger partial charge is 0.243 e. The van der Waals surface area contributed by atoms with Crippen molar-refractivity contribution in [1.82, 2.24) is 5.32 Å². The lowest BCUT2D eigenvalue weighted by Crippen LogP contribution is -2.36. The molecule has 0 heterocycles. The minimum absolute atomic E-state index is 0. The van der Waals surface area contributed by atoms with E-state index in [9.17, 15) is 9.59 Å². The summed E-state index contributed by atoms with van der Waals surface area (Å²) in [5.41, 5.74) is 7.08. The fourth-order valence-corrected chi connectivity index (χ4v) is 1.87. The predicted molar refractivity (Wildman–Crippen MR) is 86.5 cm³/mol. The van der Waals surface area contributed by atoms with Crippen molar-refractivity contribution in [3.05, 3.63) is 29.8 Å². The van der Waals surface area contributed by atoms with E-state index in [1.165, 1.54) is 5.56 Å². The van der Waals surface area contributed by atoms with Crippen LogP contribution in [0.1, 0.15) is 5.56 Å². The highest BCUT2D eigenvalue weighted by Crippen LogP contribution is 2.11. The van der Waals surface area contributed by atoms with E-state index >= 15 is 0 Å². The van der Waals surface area contributed by atoms with Gasteiger partial charge in [0.05, 0.1) is 13.1 Å². The van der Waals surface area contributed by atoms with Crippen molar-refractivity contribution in [2.45, 2.75) is 6.42 Å². The van der Waals surface area contributed by atoms with Gasteiger partial charge in [0.25, 0.3) is 0 Å². The summed E-state index contributed by atoms with van der Waals surface area (Å²) in [5, 5.41) is 5.12. The Labute approximate surface area is 129 Å². The molecule has 0 saturated heterocycles. The molecule has 0 spiro atoms. The number of carbonyl (C=O) groups is 2. The third kappa shape index (κ3) is 7.37. The van der Waals surface area contributed by atoms with Crippen LogP contribution in [0.3, 0.4) is 0 Å². The molecule has 1 aromatic carbocycles. The molecule has 1 rings (SSSR count). The quantitative estimate of drug-likeness (QED) is 0.701. The van der Waals surface area contributed by atoms with Crippen LogP contribution in [0.15, 0.2) is 24.3 Å². The summed E-state index contributed by atoms with van der Waals surface area (Å²) in [7, 11) is 0. The number of carbonyl (C=O) groups excluding carboxylic acids is 2. The number of amides is 2. The molecule has 0 atom stereocenters. The van der Waals surface area contributed by atoms with E-state index in [1.807, 2.05) is 24.3 Å². The Morgan fingerprint density at radius 3 is 2.40 bits per heavy atom. The second kappa shape index (κ2) is 10.5. The van der Waals surface area contributed by atoms with E-state index in [1.54, 1.807) is 11.8 Å². The van der Waals surface area contributed by atoms with Gasteiger partial charge in [-0.3, -0.25) is 9.59 Å². The van der Waals surface area contributed by atoms with Crippen LogP contribution in [0, 0.1) is 0 Å². The van der Waals surface area contributed by atoms with Crippen molar-refractivity contribution in [1.29, 1.82) is 0 Å². The highest BCUT2D eigenvalue weighted by atomic mass is 35.5. The summed E-state index contributed by atoms with van der Waals surface area (Å²) in [5.74, 6) is 0.470. The van der Waals surface area contributed by atoms with Crippen LogP contribution in [-0.2, 0) is 16.0 Å². The van der Waals surface area contributed by atoms with E-state index < -0.39 is 0 Å². The first-order chi connectivity index (χ1) is 9.15. The van der Waals surface area contributed by atoms with Gasteiger partial charge in [-0.15, -0.1) is 12.4 Å². The van der Waals surface area contributed by atoms with Crippen LogP contribution in [0.4, 0.5) is 5.69 Å². The summed E-state index contributed by atoms with van der Waals surface area (Å²) in [6, 6.07) is 7.70. The van der Waals surface area contributed by atoms with Crippen LogP contribution < -0.4 is 16.4 Å². The molecule has 20 heavy (non-hydrogen) atoms. The normalized spacial score (nSPS) is 9.50. The Morgan fingerprint density at radius 1 is 1.20 bits per heavy atom. The molecule has 0 aromatic heterocycles. The van der Waals surface area contributed by atoms with Gasteiger partial charge in [0.2, 0.25) is 11.8 Å². The first-order valence-electron chi connectivity index (χ1n) is 6.00.